The molecule has 1 N–H and O–H groups in total. The molecule has 1 amide bonds. The number of carbonyl (C=O) groups is 1. The molecule has 9 nitrogen and oxygen atoms in total. The van der Waals surface area contributed by atoms with Crippen LogP contribution in [-0.2, 0) is 42.5 Å². The van der Waals surface area contributed by atoms with Crippen LogP contribution in [0, 0.1) is 0 Å². The summed E-state index contributed by atoms with van der Waals surface area (Å²) in [6, 6.07) is 1.83. The lowest BCUT2D eigenvalue weighted by Gasteiger charge is -2.25. The van der Waals surface area contributed by atoms with Gasteiger partial charge in [-0.2, -0.15) is 9.40 Å². The number of hydrogen-bond acceptors (Lipinski definition) is 6. The number of rotatable bonds is 4. The zero-order valence-corrected chi connectivity index (χ0v) is 15.4. The number of amides is 1. The SMILES string of the molecule is CS(=O)(=O)N1CCn2nc(CNC(=O)c3noc4c3CCCC4)cc2C1. The first-order chi connectivity index (χ1) is 12.4. The van der Waals surface area contributed by atoms with Crippen LogP contribution in [0.2, 0.25) is 0 Å². The lowest BCUT2D eigenvalue weighted by atomic mass is 9.96. The van der Waals surface area contributed by atoms with Gasteiger partial charge in [-0.15, -0.1) is 0 Å². The van der Waals surface area contributed by atoms with E-state index in [1.54, 1.807) is 4.68 Å². The van der Waals surface area contributed by atoms with Crippen molar-refractivity contribution in [3.05, 3.63) is 34.5 Å². The van der Waals surface area contributed by atoms with Crippen LogP contribution in [0.5, 0.6) is 0 Å². The molecule has 0 fully saturated rings. The fraction of sp³-hybridized carbons (Fsp3) is 0.562. The van der Waals surface area contributed by atoms with E-state index in [1.165, 1.54) is 10.6 Å². The van der Waals surface area contributed by atoms with Gasteiger partial charge in [0.15, 0.2) is 5.69 Å². The van der Waals surface area contributed by atoms with Crippen LogP contribution in [0.1, 0.15) is 46.0 Å². The Morgan fingerprint density at radius 1 is 1.31 bits per heavy atom. The second-order valence-electron chi connectivity index (χ2n) is 6.77. The van der Waals surface area contributed by atoms with E-state index in [2.05, 4.69) is 15.6 Å². The molecule has 0 unspecified atom stereocenters. The van der Waals surface area contributed by atoms with Crippen LogP contribution in [0.15, 0.2) is 10.6 Å². The lowest BCUT2D eigenvalue weighted by molar-refractivity contribution is 0.0940. The third-order valence-electron chi connectivity index (χ3n) is 4.88. The monoisotopic (exact) mass is 379 g/mol. The number of carbonyl (C=O) groups excluding carboxylic acids is 1. The van der Waals surface area contributed by atoms with Crippen LogP contribution in [-0.4, -0.2) is 46.4 Å². The Bertz CT molecular complexity index is 946. The average molecular weight is 379 g/mol. The molecule has 3 heterocycles. The predicted molar refractivity (Wildman–Crippen MR) is 91.8 cm³/mol. The van der Waals surface area contributed by atoms with Gasteiger partial charge in [0.05, 0.1) is 37.3 Å². The molecule has 10 heteroatoms. The van der Waals surface area contributed by atoms with Crippen molar-refractivity contribution in [1.82, 2.24) is 24.6 Å². The molecule has 0 radical (unpaired) electrons. The molecule has 0 bridgehead atoms. The van der Waals surface area contributed by atoms with Gasteiger partial charge in [0.25, 0.3) is 5.91 Å². The number of aromatic nitrogens is 3. The first-order valence-electron chi connectivity index (χ1n) is 8.68. The molecule has 2 aromatic heterocycles. The van der Waals surface area contributed by atoms with Crippen LogP contribution in [0.3, 0.4) is 0 Å². The Morgan fingerprint density at radius 3 is 2.92 bits per heavy atom. The van der Waals surface area contributed by atoms with Gasteiger partial charge >= 0.3 is 0 Å². The van der Waals surface area contributed by atoms with Gasteiger partial charge in [0, 0.05) is 18.5 Å². The minimum absolute atomic E-state index is 0.263. The van der Waals surface area contributed by atoms with E-state index in [9.17, 15) is 13.2 Å². The van der Waals surface area contributed by atoms with Crippen molar-refractivity contribution < 1.29 is 17.7 Å². The molecule has 2 aromatic rings. The van der Waals surface area contributed by atoms with Crippen molar-refractivity contribution in [3.63, 3.8) is 0 Å². The fourth-order valence-corrected chi connectivity index (χ4v) is 4.27. The van der Waals surface area contributed by atoms with E-state index in [0.29, 0.717) is 31.0 Å². The Labute approximate surface area is 151 Å². The Morgan fingerprint density at radius 2 is 2.12 bits per heavy atom. The third-order valence-corrected chi connectivity index (χ3v) is 6.13. The molecular weight excluding hydrogens is 358 g/mol. The number of sulfonamides is 1. The highest BCUT2D eigenvalue weighted by Crippen LogP contribution is 2.24. The fourth-order valence-electron chi connectivity index (χ4n) is 3.49. The molecule has 0 saturated carbocycles. The van der Waals surface area contributed by atoms with Gasteiger partial charge in [0.1, 0.15) is 5.76 Å². The Kier molecular flexibility index (Phi) is 4.31. The zero-order valence-electron chi connectivity index (χ0n) is 14.6. The maximum atomic E-state index is 12.4. The normalized spacial score (nSPS) is 17.6. The van der Waals surface area contributed by atoms with Gasteiger partial charge in [-0.25, -0.2) is 8.42 Å². The van der Waals surface area contributed by atoms with Crippen molar-refractivity contribution in [3.8, 4) is 0 Å². The molecule has 2 aliphatic rings. The summed E-state index contributed by atoms with van der Waals surface area (Å²) < 4.78 is 31.9. The van der Waals surface area contributed by atoms with Crippen LogP contribution < -0.4 is 5.32 Å². The van der Waals surface area contributed by atoms with E-state index in [0.717, 1.165) is 42.7 Å². The smallest absolute Gasteiger partial charge is 0.274 e. The van der Waals surface area contributed by atoms with E-state index in [-0.39, 0.29) is 12.5 Å². The predicted octanol–water partition coefficient (Wildman–Crippen LogP) is 0.455. The highest BCUT2D eigenvalue weighted by Gasteiger charge is 2.26. The van der Waals surface area contributed by atoms with Gasteiger partial charge in [0.2, 0.25) is 10.0 Å². The second-order valence-corrected chi connectivity index (χ2v) is 8.75. The maximum Gasteiger partial charge on any atom is 0.274 e. The summed E-state index contributed by atoms with van der Waals surface area (Å²) in [5, 5.41) is 11.2. The van der Waals surface area contributed by atoms with Gasteiger partial charge in [-0.05, 0) is 25.3 Å². The molecule has 140 valence electrons. The molecule has 1 aliphatic heterocycles. The van der Waals surface area contributed by atoms with Crippen molar-refractivity contribution >= 4 is 15.9 Å². The largest absolute Gasteiger partial charge is 0.360 e. The summed E-state index contributed by atoms with van der Waals surface area (Å²) in [5.41, 5.74) is 2.81. The molecular formula is C16H21N5O4S. The number of nitrogens with one attached hydrogen (secondary N) is 1. The van der Waals surface area contributed by atoms with Crippen molar-refractivity contribution in [2.24, 2.45) is 0 Å². The molecule has 0 aromatic carbocycles. The van der Waals surface area contributed by atoms with E-state index in [1.807, 2.05) is 6.07 Å². The molecule has 0 spiro atoms. The molecule has 4 rings (SSSR count). The lowest BCUT2D eigenvalue weighted by Crippen LogP contribution is -2.37. The van der Waals surface area contributed by atoms with Gasteiger partial charge < -0.3 is 9.84 Å². The van der Waals surface area contributed by atoms with Crippen LogP contribution in [0.25, 0.3) is 0 Å². The number of nitrogens with zero attached hydrogens (tertiary/aromatic N) is 4. The van der Waals surface area contributed by atoms with Crippen LogP contribution in [0.4, 0.5) is 0 Å². The summed E-state index contributed by atoms with van der Waals surface area (Å²) in [4.78, 5) is 12.4. The van der Waals surface area contributed by atoms with E-state index in [4.69, 9.17) is 4.52 Å². The first-order valence-corrected chi connectivity index (χ1v) is 10.5. The maximum absolute atomic E-state index is 12.4. The summed E-state index contributed by atoms with van der Waals surface area (Å²) in [6.45, 7) is 1.48. The number of hydrogen-bond donors (Lipinski definition) is 1. The molecule has 0 saturated heterocycles. The highest BCUT2D eigenvalue weighted by atomic mass is 32.2. The summed E-state index contributed by atoms with van der Waals surface area (Å²) in [7, 11) is -3.22. The highest BCUT2D eigenvalue weighted by molar-refractivity contribution is 7.88. The standard InChI is InChI=1S/C16H21N5O4S/c1-26(23,24)20-6-7-21-12(10-20)8-11(18-21)9-17-16(22)15-13-4-2-3-5-14(13)25-19-15/h8H,2-7,9-10H2,1H3,(H,17,22). The van der Waals surface area contributed by atoms with Crippen molar-refractivity contribution in [2.75, 3.05) is 12.8 Å². The van der Waals surface area contributed by atoms with Crippen molar-refractivity contribution in [2.45, 2.75) is 45.3 Å². The third kappa shape index (κ3) is 3.26. The van der Waals surface area contributed by atoms with Gasteiger partial charge in [-0.1, -0.05) is 5.16 Å². The van der Waals surface area contributed by atoms with Crippen LogP contribution >= 0.6 is 0 Å². The number of aryl methyl sites for hydroxylation is 1. The summed E-state index contributed by atoms with van der Waals surface area (Å²) in [6.07, 6.45) is 4.97. The average Bonchev–Trinajstić information content (AvgIpc) is 3.21. The summed E-state index contributed by atoms with van der Waals surface area (Å²) >= 11 is 0. The summed E-state index contributed by atoms with van der Waals surface area (Å²) in [5.74, 6) is 0.556. The number of fused-ring (bicyclic) bond motifs is 2. The zero-order chi connectivity index (χ0) is 18.3. The Hall–Kier alpha value is -2.20. The molecule has 1 aliphatic carbocycles. The first kappa shape index (κ1) is 17.2. The van der Waals surface area contributed by atoms with Gasteiger partial charge in [-0.3, -0.25) is 9.48 Å². The van der Waals surface area contributed by atoms with E-state index >= 15 is 0 Å². The minimum atomic E-state index is -3.22. The topological polar surface area (TPSA) is 110 Å². The van der Waals surface area contributed by atoms with E-state index < -0.39 is 10.0 Å². The van der Waals surface area contributed by atoms with Crippen molar-refractivity contribution in [1.29, 1.82) is 0 Å². The minimum Gasteiger partial charge on any atom is -0.360 e. The molecule has 26 heavy (non-hydrogen) atoms. The molecule has 0 atom stereocenters. The second kappa shape index (κ2) is 6.51. The quantitative estimate of drug-likeness (QED) is 0.826. The Balaban J connectivity index is 1.42.